The monoisotopic (exact) mass is 282 g/mol. The summed E-state index contributed by atoms with van der Waals surface area (Å²) in [5, 5.41) is 9.10. The first-order valence-electron chi connectivity index (χ1n) is 5.20. The average molecular weight is 282 g/mol. The topological polar surface area (TPSA) is 124 Å². The number of nitrogens with one attached hydrogen (secondary N) is 1. The van der Waals surface area contributed by atoms with Crippen LogP contribution in [0.4, 0.5) is 4.79 Å². The summed E-state index contributed by atoms with van der Waals surface area (Å²) in [6, 6.07) is 2.46. The van der Waals surface area contributed by atoms with Crippen molar-refractivity contribution in [3.05, 3.63) is 18.4 Å². The zero-order valence-electron chi connectivity index (χ0n) is 9.82. The maximum absolute atomic E-state index is 11.5. The summed E-state index contributed by atoms with van der Waals surface area (Å²) in [5.41, 5.74) is 4.85. The lowest BCUT2D eigenvalue weighted by molar-refractivity contribution is -0.119. The Bertz CT molecular complexity index is 580. The highest BCUT2D eigenvalue weighted by molar-refractivity contribution is 8.00. The molecule has 1 atom stereocenters. The predicted octanol–water partition coefficient (Wildman–Crippen LogP) is 1.01. The summed E-state index contributed by atoms with van der Waals surface area (Å²) in [6.07, 6.45) is 1.48. The lowest BCUT2D eigenvalue weighted by atomic mass is 10.4. The maximum Gasteiger partial charge on any atom is 0.318 e. The van der Waals surface area contributed by atoms with Gasteiger partial charge in [0.15, 0.2) is 5.76 Å². The lowest BCUT2D eigenvalue weighted by Gasteiger charge is -2.06. The smallest absolute Gasteiger partial charge is 0.318 e. The van der Waals surface area contributed by atoms with E-state index in [4.69, 9.17) is 14.6 Å². The molecule has 0 spiro atoms. The van der Waals surface area contributed by atoms with Crippen LogP contribution in [0.5, 0.6) is 0 Å². The minimum absolute atomic E-state index is 0.193. The first kappa shape index (κ1) is 13.1. The molecule has 0 saturated heterocycles. The summed E-state index contributed by atoms with van der Waals surface area (Å²) in [4.78, 5) is 22.0. The number of primary amides is 1. The summed E-state index contributed by atoms with van der Waals surface area (Å²) >= 11 is 1.01. The van der Waals surface area contributed by atoms with Crippen LogP contribution in [0.1, 0.15) is 6.92 Å². The molecule has 2 rings (SSSR count). The van der Waals surface area contributed by atoms with Crippen LogP contribution in [0.25, 0.3) is 11.7 Å². The number of hydrogen-bond donors (Lipinski definition) is 2. The number of carbonyl (C=O) groups excluding carboxylic acids is 2. The van der Waals surface area contributed by atoms with Gasteiger partial charge >= 0.3 is 6.03 Å². The van der Waals surface area contributed by atoms with Crippen molar-refractivity contribution in [2.75, 3.05) is 0 Å². The van der Waals surface area contributed by atoms with Gasteiger partial charge in [-0.2, -0.15) is 0 Å². The van der Waals surface area contributed by atoms with Gasteiger partial charge in [-0.3, -0.25) is 10.1 Å². The van der Waals surface area contributed by atoms with E-state index in [9.17, 15) is 9.59 Å². The van der Waals surface area contributed by atoms with Crippen LogP contribution in [0.3, 0.4) is 0 Å². The molecule has 2 aromatic heterocycles. The van der Waals surface area contributed by atoms with Gasteiger partial charge in [0.25, 0.3) is 11.1 Å². The van der Waals surface area contributed by atoms with Gasteiger partial charge in [-0.1, -0.05) is 11.8 Å². The zero-order valence-corrected chi connectivity index (χ0v) is 10.6. The highest BCUT2D eigenvalue weighted by Gasteiger charge is 2.20. The van der Waals surface area contributed by atoms with Crippen LogP contribution in [-0.2, 0) is 4.79 Å². The van der Waals surface area contributed by atoms with Crippen LogP contribution in [0, 0.1) is 0 Å². The Morgan fingerprint density at radius 1 is 1.47 bits per heavy atom. The van der Waals surface area contributed by atoms with Gasteiger partial charge in [-0.25, -0.2) is 4.79 Å². The van der Waals surface area contributed by atoms with Crippen molar-refractivity contribution < 1.29 is 18.4 Å². The Morgan fingerprint density at radius 3 is 2.89 bits per heavy atom. The molecule has 3 amide bonds. The number of hydrogen-bond acceptors (Lipinski definition) is 7. The average Bonchev–Trinajstić information content (AvgIpc) is 2.96. The third-order valence-electron chi connectivity index (χ3n) is 2.03. The van der Waals surface area contributed by atoms with Crippen molar-refractivity contribution in [1.29, 1.82) is 0 Å². The predicted molar refractivity (Wildman–Crippen MR) is 65.0 cm³/mol. The van der Waals surface area contributed by atoms with Crippen molar-refractivity contribution in [3.8, 4) is 11.7 Å². The highest BCUT2D eigenvalue weighted by Crippen LogP contribution is 2.26. The molecule has 0 saturated carbocycles. The Balaban J connectivity index is 2.00. The van der Waals surface area contributed by atoms with Gasteiger partial charge < -0.3 is 14.6 Å². The standard InChI is InChI=1S/C10H10N4O4S/c1-5(7(15)12-9(11)16)19-10-14-13-8(18-10)6-3-2-4-17-6/h2-5H,1H3,(H3,11,12,15,16)/t5-/m0/s1. The largest absolute Gasteiger partial charge is 0.459 e. The van der Waals surface area contributed by atoms with E-state index in [1.54, 1.807) is 19.1 Å². The molecular weight excluding hydrogens is 272 g/mol. The van der Waals surface area contributed by atoms with Gasteiger partial charge in [0.05, 0.1) is 11.5 Å². The van der Waals surface area contributed by atoms with Gasteiger partial charge in [0, 0.05) is 0 Å². The van der Waals surface area contributed by atoms with E-state index in [0.717, 1.165) is 11.8 Å². The van der Waals surface area contributed by atoms with Crippen LogP contribution < -0.4 is 11.1 Å². The second kappa shape index (κ2) is 5.57. The second-order valence-corrected chi connectivity index (χ2v) is 4.76. The number of aromatic nitrogens is 2. The highest BCUT2D eigenvalue weighted by atomic mass is 32.2. The molecular formula is C10H10N4O4S. The number of thioether (sulfide) groups is 1. The molecule has 2 heterocycles. The number of furan rings is 1. The molecule has 9 heteroatoms. The third kappa shape index (κ3) is 3.35. The van der Waals surface area contributed by atoms with Crippen LogP contribution in [0.15, 0.2) is 32.5 Å². The summed E-state index contributed by atoms with van der Waals surface area (Å²) < 4.78 is 10.4. The molecule has 19 heavy (non-hydrogen) atoms. The Labute approximate surface area is 111 Å². The number of imide groups is 1. The number of urea groups is 1. The van der Waals surface area contributed by atoms with E-state index < -0.39 is 17.2 Å². The van der Waals surface area contributed by atoms with E-state index in [1.165, 1.54) is 6.26 Å². The first-order chi connectivity index (χ1) is 9.06. The molecule has 0 aromatic carbocycles. The SMILES string of the molecule is C[C@H](Sc1nnc(-c2ccco2)o1)C(=O)NC(N)=O. The van der Waals surface area contributed by atoms with Crippen molar-refractivity contribution in [1.82, 2.24) is 15.5 Å². The van der Waals surface area contributed by atoms with Crippen molar-refractivity contribution >= 4 is 23.7 Å². The van der Waals surface area contributed by atoms with E-state index >= 15 is 0 Å². The number of rotatable bonds is 4. The van der Waals surface area contributed by atoms with Gasteiger partial charge in [0.2, 0.25) is 5.91 Å². The van der Waals surface area contributed by atoms with Crippen LogP contribution >= 0.6 is 11.8 Å². The molecule has 0 aliphatic rings. The normalized spacial score (nSPS) is 12.1. The molecule has 2 aromatic rings. The lowest BCUT2D eigenvalue weighted by Crippen LogP contribution is -2.39. The maximum atomic E-state index is 11.5. The van der Waals surface area contributed by atoms with E-state index in [2.05, 4.69) is 10.2 Å². The summed E-state index contributed by atoms with van der Waals surface area (Å²) in [5.74, 6) is 0.124. The van der Waals surface area contributed by atoms with Crippen molar-refractivity contribution in [2.45, 2.75) is 17.4 Å². The number of nitrogens with zero attached hydrogens (tertiary/aromatic N) is 2. The van der Waals surface area contributed by atoms with E-state index in [1.807, 2.05) is 5.32 Å². The van der Waals surface area contributed by atoms with Crippen molar-refractivity contribution in [3.63, 3.8) is 0 Å². The fraction of sp³-hybridized carbons (Fsp3) is 0.200. The third-order valence-corrected chi connectivity index (χ3v) is 2.97. The first-order valence-corrected chi connectivity index (χ1v) is 6.08. The molecule has 0 aliphatic heterocycles. The zero-order chi connectivity index (χ0) is 13.8. The quantitative estimate of drug-likeness (QED) is 0.801. The van der Waals surface area contributed by atoms with E-state index in [0.29, 0.717) is 5.76 Å². The summed E-state index contributed by atoms with van der Waals surface area (Å²) in [7, 11) is 0. The minimum Gasteiger partial charge on any atom is -0.459 e. The molecule has 3 N–H and O–H groups in total. The van der Waals surface area contributed by atoms with Gasteiger partial charge in [-0.15, -0.1) is 10.2 Å². The molecule has 100 valence electrons. The van der Waals surface area contributed by atoms with Crippen LogP contribution in [-0.4, -0.2) is 27.4 Å². The van der Waals surface area contributed by atoms with Crippen molar-refractivity contribution in [2.24, 2.45) is 5.73 Å². The summed E-state index contributed by atoms with van der Waals surface area (Å²) in [6.45, 7) is 1.58. The number of nitrogens with two attached hydrogens (primary N) is 1. The second-order valence-electron chi connectivity index (χ2n) is 3.46. The molecule has 0 radical (unpaired) electrons. The fourth-order valence-electron chi connectivity index (χ4n) is 1.19. The molecule has 0 unspecified atom stereocenters. The Kier molecular flexibility index (Phi) is 3.85. The van der Waals surface area contributed by atoms with Crippen LogP contribution in [0.2, 0.25) is 0 Å². The fourth-order valence-corrected chi connectivity index (χ4v) is 1.87. The molecule has 8 nitrogen and oxygen atoms in total. The number of carbonyl (C=O) groups is 2. The minimum atomic E-state index is -0.903. The Hall–Kier alpha value is -2.29. The van der Waals surface area contributed by atoms with E-state index in [-0.39, 0.29) is 11.1 Å². The molecule has 0 fully saturated rings. The Morgan fingerprint density at radius 2 is 2.26 bits per heavy atom. The van der Waals surface area contributed by atoms with Gasteiger partial charge in [0.1, 0.15) is 0 Å². The molecule has 0 aliphatic carbocycles. The molecule has 0 bridgehead atoms. The van der Waals surface area contributed by atoms with Gasteiger partial charge in [-0.05, 0) is 19.1 Å². The number of amides is 3.